The fraction of sp³-hybridized carbons (Fsp3) is 0.250. The molecule has 0 bridgehead atoms. The Balaban J connectivity index is 2.16. The molecule has 0 amide bonds. The Morgan fingerprint density at radius 2 is 1.86 bits per heavy atom. The Kier molecular flexibility index (Phi) is 4.96. The summed E-state index contributed by atoms with van der Waals surface area (Å²) in [6, 6.07) is 12.5. The number of ether oxygens (including phenoxy) is 1. The van der Waals surface area contributed by atoms with Gasteiger partial charge in [0, 0.05) is 21.6 Å². The molecule has 2 aromatic carbocycles. The number of rotatable bonds is 5. The molecule has 0 spiro atoms. The Labute approximate surface area is 131 Å². The molecule has 0 aliphatic heterocycles. The first kappa shape index (κ1) is 15.9. The Morgan fingerprint density at radius 3 is 2.48 bits per heavy atom. The number of halogens is 3. The lowest BCUT2D eigenvalue weighted by Crippen LogP contribution is -2.23. The lowest BCUT2D eigenvalue weighted by atomic mass is 10.1. The number of nitrogens with two attached hydrogens (primary N) is 1. The maximum atomic E-state index is 14.1. The van der Waals surface area contributed by atoms with E-state index in [2.05, 4.69) is 15.9 Å². The van der Waals surface area contributed by atoms with Gasteiger partial charge in [0.1, 0.15) is 5.75 Å². The van der Waals surface area contributed by atoms with Crippen molar-refractivity contribution in [1.29, 1.82) is 0 Å². The normalized spacial score (nSPS) is 13.0. The van der Waals surface area contributed by atoms with E-state index in [1.54, 1.807) is 43.3 Å². The quantitative estimate of drug-likeness (QED) is 0.847. The molecule has 0 aromatic heterocycles. The van der Waals surface area contributed by atoms with Crippen LogP contribution in [0, 0.1) is 0 Å². The molecule has 0 saturated carbocycles. The largest absolute Gasteiger partial charge is 0.487 e. The summed E-state index contributed by atoms with van der Waals surface area (Å²) in [4.78, 5) is 0. The summed E-state index contributed by atoms with van der Waals surface area (Å²) in [7, 11) is 0. The van der Waals surface area contributed by atoms with E-state index in [0.717, 1.165) is 4.47 Å². The van der Waals surface area contributed by atoms with E-state index in [9.17, 15) is 8.78 Å². The molecule has 0 radical (unpaired) electrons. The van der Waals surface area contributed by atoms with E-state index in [-0.39, 0.29) is 11.6 Å². The highest BCUT2D eigenvalue weighted by atomic mass is 79.9. The van der Waals surface area contributed by atoms with Crippen molar-refractivity contribution in [1.82, 2.24) is 0 Å². The zero-order valence-electron chi connectivity index (χ0n) is 11.5. The SMILES string of the molecule is CC(N)c1cc(Br)ccc1OCC(F)(F)c1ccccc1. The molecule has 0 aliphatic rings. The number of benzene rings is 2. The van der Waals surface area contributed by atoms with Gasteiger partial charge >= 0.3 is 5.92 Å². The van der Waals surface area contributed by atoms with Gasteiger partial charge in [-0.25, -0.2) is 0 Å². The lowest BCUT2D eigenvalue weighted by molar-refractivity contribution is -0.0470. The minimum atomic E-state index is -3.05. The Morgan fingerprint density at radius 1 is 1.19 bits per heavy atom. The fourth-order valence-electron chi connectivity index (χ4n) is 1.94. The predicted octanol–water partition coefficient (Wildman–Crippen LogP) is 4.64. The van der Waals surface area contributed by atoms with Crippen molar-refractivity contribution in [3.63, 3.8) is 0 Å². The van der Waals surface area contributed by atoms with Gasteiger partial charge in [0.2, 0.25) is 0 Å². The summed E-state index contributed by atoms with van der Waals surface area (Å²) in [5.41, 5.74) is 6.47. The van der Waals surface area contributed by atoms with Gasteiger partial charge in [-0.3, -0.25) is 0 Å². The van der Waals surface area contributed by atoms with E-state index in [1.165, 1.54) is 12.1 Å². The van der Waals surface area contributed by atoms with Crippen molar-refractivity contribution in [2.24, 2.45) is 5.73 Å². The molecule has 2 nitrogen and oxygen atoms in total. The van der Waals surface area contributed by atoms with Gasteiger partial charge in [-0.2, -0.15) is 8.78 Å². The van der Waals surface area contributed by atoms with Gasteiger partial charge < -0.3 is 10.5 Å². The van der Waals surface area contributed by atoms with Crippen LogP contribution in [0.25, 0.3) is 0 Å². The van der Waals surface area contributed by atoms with Crippen LogP contribution in [0.4, 0.5) is 8.78 Å². The number of hydrogen-bond acceptors (Lipinski definition) is 2. The zero-order valence-corrected chi connectivity index (χ0v) is 13.1. The van der Waals surface area contributed by atoms with Crippen LogP contribution in [0.5, 0.6) is 5.75 Å². The minimum absolute atomic E-state index is 0.0653. The average molecular weight is 356 g/mol. The van der Waals surface area contributed by atoms with E-state index in [4.69, 9.17) is 10.5 Å². The molecule has 2 N–H and O–H groups in total. The Hall–Kier alpha value is -1.46. The highest BCUT2D eigenvalue weighted by molar-refractivity contribution is 9.10. The van der Waals surface area contributed by atoms with Crippen molar-refractivity contribution in [2.45, 2.75) is 18.9 Å². The summed E-state index contributed by atoms with van der Waals surface area (Å²) in [5.74, 6) is -2.67. The Bertz CT molecular complexity index is 602. The van der Waals surface area contributed by atoms with Crippen LogP contribution in [-0.4, -0.2) is 6.61 Å². The molecule has 0 saturated heterocycles. The molecule has 112 valence electrons. The van der Waals surface area contributed by atoms with Gasteiger partial charge in [-0.15, -0.1) is 0 Å². The predicted molar refractivity (Wildman–Crippen MR) is 82.6 cm³/mol. The molecule has 0 fully saturated rings. The van der Waals surface area contributed by atoms with Gasteiger partial charge in [0.25, 0.3) is 0 Å². The number of alkyl halides is 2. The molecule has 1 unspecified atom stereocenters. The molecule has 0 aliphatic carbocycles. The smallest absolute Gasteiger partial charge is 0.306 e. The van der Waals surface area contributed by atoms with Crippen LogP contribution in [0.2, 0.25) is 0 Å². The first-order chi connectivity index (χ1) is 9.90. The second kappa shape index (κ2) is 6.54. The summed E-state index contributed by atoms with van der Waals surface area (Å²) >= 11 is 3.33. The van der Waals surface area contributed by atoms with Crippen molar-refractivity contribution in [3.05, 3.63) is 64.1 Å². The minimum Gasteiger partial charge on any atom is -0.487 e. The monoisotopic (exact) mass is 355 g/mol. The lowest BCUT2D eigenvalue weighted by Gasteiger charge is -2.20. The van der Waals surface area contributed by atoms with E-state index in [1.807, 2.05) is 0 Å². The van der Waals surface area contributed by atoms with Crippen LogP contribution in [-0.2, 0) is 5.92 Å². The molecular formula is C16H16BrF2NO. The second-order valence-electron chi connectivity index (χ2n) is 4.83. The molecular weight excluding hydrogens is 340 g/mol. The highest BCUT2D eigenvalue weighted by Gasteiger charge is 2.32. The summed E-state index contributed by atoms with van der Waals surface area (Å²) in [6.45, 7) is 1.06. The first-order valence-electron chi connectivity index (χ1n) is 6.51. The second-order valence-corrected chi connectivity index (χ2v) is 5.75. The van der Waals surface area contributed by atoms with Crippen molar-refractivity contribution in [2.75, 3.05) is 6.61 Å². The summed E-state index contributed by atoms with van der Waals surface area (Å²) < 4.78 is 34.3. The van der Waals surface area contributed by atoms with Crippen LogP contribution < -0.4 is 10.5 Å². The van der Waals surface area contributed by atoms with Crippen LogP contribution in [0.15, 0.2) is 53.0 Å². The molecule has 2 rings (SSSR count). The summed E-state index contributed by atoms with van der Waals surface area (Å²) in [6.07, 6.45) is 0. The third-order valence-electron chi connectivity index (χ3n) is 3.07. The van der Waals surface area contributed by atoms with Gasteiger partial charge in [0.15, 0.2) is 6.61 Å². The van der Waals surface area contributed by atoms with Crippen molar-refractivity contribution < 1.29 is 13.5 Å². The maximum Gasteiger partial charge on any atom is 0.306 e. The molecule has 21 heavy (non-hydrogen) atoms. The molecule has 0 heterocycles. The van der Waals surface area contributed by atoms with Crippen LogP contribution in [0.1, 0.15) is 24.1 Å². The third-order valence-corrected chi connectivity index (χ3v) is 3.56. The molecule has 2 aromatic rings. The standard InChI is InChI=1S/C16H16BrF2NO/c1-11(20)14-9-13(17)7-8-15(14)21-10-16(18,19)12-5-3-2-4-6-12/h2-9,11H,10,20H2,1H3. The van der Waals surface area contributed by atoms with Crippen molar-refractivity contribution >= 4 is 15.9 Å². The fourth-order valence-corrected chi connectivity index (χ4v) is 2.32. The van der Waals surface area contributed by atoms with Crippen molar-refractivity contribution in [3.8, 4) is 5.75 Å². The number of hydrogen-bond donors (Lipinski definition) is 1. The average Bonchev–Trinajstić information content (AvgIpc) is 2.47. The van der Waals surface area contributed by atoms with Crippen LogP contribution in [0.3, 0.4) is 0 Å². The zero-order chi connectivity index (χ0) is 15.5. The maximum absolute atomic E-state index is 14.1. The van der Waals surface area contributed by atoms with Gasteiger partial charge in [0.05, 0.1) is 0 Å². The topological polar surface area (TPSA) is 35.2 Å². The molecule has 5 heteroatoms. The van der Waals surface area contributed by atoms with Gasteiger partial charge in [-0.1, -0.05) is 46.3 Å². The highest BCUT2D eigenvalue weighted by Crippen LogP contribution is 2.32. The molecule has 1 atom stereocenters. The summed E-state index contributed by atoms with van der Waals surface area (Å²) in [5, 5.41) is 0. The van der Waals surface area contributed by atoms with Gasteiger partial charge in [-0.05, 0) is 25.1 Å². The van der Waals surface area contributed by atoms with E-state index in [0.29, 0.717) is 11.3 Å². The van der Waals surface area contributed by atoms with Crippen LogP contribution >= 0.6 is 15.9 Å². The van der Waals surface area contributed by atoms with E-state index < -0.39 is 12.5 Å². The first-order valence-corrected chi connectivity index (χ1v) is 7.30. The van der Waals surface area contributed by atoms with E-state index >= 15 is 0 Å². The third kappa shape index (κ3) is 4.02.